The second-order valence-electron chi connectivity index (χ2n) is 8.34. The largest absolute Gasteiger partial charge is 0.369 e. The Morgan fingerprint density at radius 1 is 1.00 bits per heavy atom. The molecule has 31 heavy (non-hydrogen) atoms. The number of aromatic nitrogens is 2. The molecule has 1 fully saturated rings. The van der Waals surface area contributed by atoms with E-state index in [1.165, 1.54) is 4.68 Å². The predicted octanol–water partition coefficient (Wildman–Crippen LogP) is 2.66. The van der Waals surface area contributed by atoms with Crippen molar-refractivity contribution in [1.29, 1.82) is 0 Å². The highest BCUT2D eigenvalue weighted by Gasteiger charge is 2.20. The van der Waals surface area contributed by atoms with E-state index < -0.39 is 0 Å². The Hall–Kier alpha value is -3.19. The molecule has 0 spiro atoms. The molecule has 1 aliphatic rings. The summed E-state index contributed by atoms with van der Waals surface area (Å²) in [6, 6.07) is 15.2. The van der Waals surface area contributed by atoms with Crippen LogP contribution in [0.2, 0.25) is 0 Å². The van der Waals surface area contributed by atoms with Crippen molar-refractivity contribution >= 4 is 22.4 Å². The van der Waals surface area contributed by atoms with Crippen molar-refractivity contribution in [3.05, 3.63) is 70.1 Å². The lowest BCUT2D eigenvalue weighted by molar-refractivity contribution is 0.0945. The van der Waals surface area contributed by atoms with Crippen LogP contribution in [0.5, 0.6) is 0 Å². The fourth-order valence-corrected chi connectivity index (χ4v) is 4.00. The molecule has 2 heterocycles. The highest BCUT2D eigenvalue weighted by Crippen LogP contribution is 2.22. The standard InChI is InChI=1S/C24H29N5O2/c1-17(2)29-24(31)20-10-6-5-9-19(20)22(26-29)23(30)25-16-18-8-4-7-11-21(18)28-14-12-27(3)13-15-28/h4-11,17H,12-16H2,1-3H3,(H,25,30). The van der Waals surface area contributed by atoms with Gasteiger partial charge in [0.25, 0.3) is 11.5 Å². The van der Waals surface area contributed by atoms with Crippen LogP contribution in [0.1, 0.15) is 35.9 Å². The van der Waals surface area contributed by atoms with Gasteiger partial charge in [-0.25, -0.2) is 4.68 Å². The van der Waals surface area contributed by atoms with Crippen LogP contribution in [-0.4, -0.2) is 53.8 Å². The predicted molar refractivity (Wildman–Crippen MR) is 124 cm³/mol. The molecule has 3 aromatic rings. The zero-order valence-corrected chi connectivity index (χ0v) is 18.3. The lowest BCUT2D eigenvalue weighted by Gasteiger charge is -2.35. The van der Waals surface area contributed by atoms with E-state index in [1.54, 1.807) is 12.1 Å². The van der Waals surface area contributed by atoms with E-state index in [1.807, 2.05) is 38.1 Å². The second kappa shape index (κ2) is 8.89. The van der Waals surface area contributed by atoms with Gasteiger partial charge in [0.2, 0.25) is 0 Å². The van der Waals surface area contributed by atoms with Gasteiger partial charge in [-0.1, -0.05) is 36.4 Å². The molecule has 162 valence electrons. The number of nitrogens with zero attached hydrogens (tertiary/aromatic N) is 4. The summed E-state index contributed by atoms with van der Waals surface area (Å²) < 4.78 is 1.38. The topological polar surface area (TPSA) is 70.5 Å². The first-order valence-corrected chi connectivity index (χ1v) is 10.8. The molecule has 4 rings (SSSR count). The number of para-hydroxylation sites is 1. The number of carbonyl (C=O) groups excluding carboxylic acids is 1. The Kier molecular flexibility index (Phi) is 6.04. The minimum Gasteiger partial charge on any atom is -0.369 e. The number of hydrogen-bond acceptors (Lipinski definition) is 5. The summed E-state index contributed by atoms with van der Waals surface area (Å²) in [6.07, 6.45) is 0. The first kappa shape index (κ1) is 21.1. The molecule has 1 saturated heterocycles. The third-order valence-corrected chi connectivity index (χ3v) is 5.81. The summed E-state index contributed by atoms with van der Waals surface area (Å²) in [4.78, 5) is 30.6. The molecule has 7 heteroatoms. The van der Waals surface area contributed by atoms with E-state index >= 15 is 0 Å². The monoisotopic (exact) mass is 419 g/mol. The van der Waals surface area contributed by atoms with Gasteiger partial charge in [0, 0.05) is 43.8 Å². The van der Waals surface area contributed by atoms with Gasteiger partial charge in [-0.05, 0) is 38.6 Å². The van der Waals surface area contributed by atoms with Gasteiger partial charge in [0.1, 0.15) is 0 Å². The maximum atomic E-state index is 13.1. The van der Waals surface area contributed by atoms with E-state index in [9.17, 15) is 9.59 Å². The zero-order chi connectivity index (χ0) is 22.0. The SMILES string of the molecule is CC(C)n1nc(C(=O)NCc2ccccc2N2CCN(C)CC2)c2ccccc2c1=O. The van der Waals surface area contributed by atoms with E-state index in [0.29, 0.717) is 17.3 Å². The molecule has 0 unspecified atom stereocenters. The number of rotatable bonds is 5. The maximum absolute atomic E-state index is 13.1. The number of piperazine rings is 1. The molecule has 1 N–H and O–H groups in total. The number of hydrogen-bond donors (Lipinski definition) is 1. The van der Waals surface area contributed by atoms with Crippen molar-refractivity contribution in [2.24, 2.45) is 0 Å². The first-order chi connectivity index (χ1) is 15.0. The molecule has 0 atom stereocenters. The molecule has 0 bridgehead atoms. The summed E-state index contributed by atoms with van der Waals surface area (Å²) >= 11 is 0. The Morgan fingerprint density at radius 3 is 2.35 bits per heavy atom. The Morgan fingerprint density at radius 2 is 1.65 bits per heavy atom. The van der Waals surface area contributed by atoms with Crippen LogP contribution < -0.4 is 15.8 Å². The van der Waals surface area contributed by atoms with Gasteiger partial charge in [-0.3, -0.25) is 9.59 Å². The molecular formula is C24H29N5O2. The van der Waals surface area contributed by atoms with Crippen LogP contribution in [-0.2, 0) is 6.54 Å². The smallest absolute Gasteiger partial charge is 0.274 e. The van der Waals surface area contributed by atoms with Gasteiger partial charge in [0.05, 0.1) is 11.4 Å². The van der Waals surface area contributed by atoms with Crippen LogP contribution in [0.25, 0.3) is 10.8 Å². The van der Waals surface area contributed by atoms with Crippen molar-refractivity contribution in [3.8, 4) is 0 Å². The maximum Gasteiger partial charge on any atom is 0.274 e. The molecule has 0 saturated carbocycles. The summed E-state index contributed by atoms with van der Waals surface area (Å²) in [6.45, 7) is 8.15. The van der Waals surface area contributed by atoms with Crippen LogP contribution in [0.4, 0.5) is 5.69 Å². The number of anilines is 1. The van der Waals surface area contributed by atoms with Crippen LogP contribution in [0.3, 0.4) is 0 Å². The number of amides is 1. The highest BCUT2D eigenvalue weighted by atomic mass is 16.2. The number of likely N-dealkylation sites (N-methyl/N-ethyl adjacent to an activating group) is 1. The minimum atomic E-state index is -0.279. The van der Waals surface area contributed by atoms with Crippen molar-refractivity contribution in [2.75, 3.05) is 38.1 Å². The van der Waals surface area contributed by atoms with Crippen molar-refractivity contribution < 1.29 is 4.79 Å². The summed E-state index contributed by atoms with van der Waals surface area (Å²) in [5.74, 6) is -0.279. The lowest BCUT2D eigenvalue weighted by Crippen LogP contribution is -2.45. The minimum absolute atomic E-state index is 0.137. The van der Waals surface area contributed by atoms with Gasteiger partial charge in [-0.15, -0.1) is 0 Å². The van der Waals surface area contributed by atoms with Crippen molar-refractivity contribution in [3.63, 3.8) is 0 Å². The Bertz CT molecular complexity index is 1150. The normalized spacial score (nSPS) is 14.9. The molecule has 1 aromatic heterocycles. The van der Waals surface area contributed by atoms with Crippen molar-refractivity contribution in [2.45, 2.75) is 26.4 Å². The summed E-state index contributed by atoms with van der Waals surface area (Å²) in [5.41, 5.74) is 2.33. The highest BCUT2D eigenvalue weighted by molar-refractivity contribution is 6.04. The molecule has 7 nitrogen and oxygen atoms in total. The lowest BCUT2D eigenvalue weighted by atomic mass is 10.1. The Labute approximate surface area is 182 Å². The summed E-state index contributed by atoms with van der Waals surface area (Å²) in [5, 5.41) is 8.52. The molecule has 1 aliphatic heterocycles. The van der Waals surface area contributed by atoms with Gasteiger partial charge >= 0.3 is 0 Å². The van der Waals surface area contributed by atoms with Gasteiger partial charge < -0.3 is 15.1 Å². The summed E-state index contributed by atoms with van der Waals surface area (Å²) in [7, 11) is 2.14. The van der Waals surface area contributed by atoms with E-state index in [4.69, 9.17) is 0 Å². The second-order valence-corrected chi connectivity index (χ2v) is 8.34. The quantitative estimate of drug-likeness (QED) is 0.689. The molecule has 2 aromatic carbocycles. The number of benzene rings is 2. The fraction of sp³-hybridized carbons (Fsp3) is 0.375. The molecule has 1 amide bonds. The van der Waals surface area contributed by atoms with Crippen molar-refractivity contribution in [1.82, 2.24) is 20.0 Å². The van der Waals surface area contributed by atoms with Crippen LogP contribution in [0.15, 0.2) is 53.3 Å². The third kappa shape index (κ3) is 4.32. The number of carbonyl (C=O) groups is 1. The van der Waals surface area contributed by atoms with E-state index in [0.717, 1.165) is 37.4 Å². The van der Waals surface area contributed by atoms with Gasteiger partial charge in [0.15, 0.2) is 5.69 Å². The fourth-order valence-electron chi connectivity index (χ4n) is 4.00. The molecule has 0 aliphatic carbocycles. The van der Waals surface area contributed by atoms with E-state index in [-0.39, 0.29) is 23.2 Å². The number of fused-ring (bicyclic) bond motifs is 1. The average molecular weight is 420 g/mol. The van der Waals surface area contributed by atoms with Crippen LogP contribution >= 0.6 is 0 Å². The number of nitrogens with one attached hydrogen (secondary N) is 1. The van der Waals surface area contributed by atoms with E-state index in [2.05, 4.69) is 39.4 Å². The van der Waals surface area contributed by atoms with Gasteiger partial charge in [-0.2, -0.15) is 5.10 Å². The molecule has 0 radical (unpaired) electrons. The Balaban J connectivity index is 1.60. The molecular weight excluding hydrogens is 390 g/mol. The first-order valence-electron chi connectivity index (χ1n) is 10.8. The third-order valence-electron chi connectivity index (χ3n) is 5.81. The zero-order valence-electron chi connectivity index (χ0n) is 18.3. The average Bonchev–Trinajstić information content (AvgIpc) is 2.78. The van der Waals surface area contributed by atoms with Crippen LogP contribution in [0, 0.1) is 0 Å².